The Balaban J connectivity index is 1.13. The molecule has 0 aliphatic carbocycles. The molecule has 3 fully saturated rings. The van der Waals surface area contributed by atoms with E-state index in [-0.39, 0.29) is 48.0 Å². The molecule has 9 nitrogen and oxygen atoms in total. The third-order valence-electron chi connectivity index (χ3n) is 11.8. The van der Waals surface area contributed by atoms with E-state index < -0.39 is 46.8 Å². The van der Waals surface area contributed by atoms with Crippen LogP contribution in [0.25, 0.3) is 0 Å². The molecule has 3 aromatic carbocycles. The summed E-state index contributed by atoms with van der Waals surface area (Å²) in [7, 11) is 0. The summed E-state index contributed by atoms with van der Waals surface area (Å²) in [6, 6.07) is 16.1. The molecule has 59 heavy (non-hydrogen) atoms. The van der Waals surface area contributed by atoms with Gasteiger partial charge in [-0.2, -0.15) is 26.3 Å². The number of hydrazine groups is 1. The minimum Gasteiger partial charge on any atom is -0.465 e. The number of ether oxygens (including phenoxy) is 1. The number of carbonyl (C=O) groups excluding carboxylic acids is 3. The highest BCUT2D eigenvalue weighted by atomic mass is 35.5. The van der Waals surface area contributed by atoms with Crippen molar-refractivity contribution in [2.75, 3.05) is 65.5 Å². The first-order chi connectivity index (χ1) is 27.9. The van der Waals surface area contributed by atoms with Gasteiger partial charge in [-0.25, -0.2) is 5.01 Å². The SMILES string of the molecule is CCOC(=O)CN1CCN(NC(=O)C2(c3ccccc3)CCN(CCCC3(c4ccc(Cl)c(Cl)c4)CC(=O)N(Cc4cc(C(F)(F)F)cc(C(F)(F)F)c4)C3)CC2)CC1. The summed E-state index contributed by atoms with van der Waals surface area (Å²) < 4.78 is 87.0. The van der Waals surface area contributed by atoms with Crippen LogP contribution < -0.4 is 5.43 Å². The van der Waals surface area contributed by atoms with Gasteiger partial charge in [0.25, 0.3) is 0 Å². The molecule has 0 spiro atoms. The second-order valence-corrected chi connectivity index (χ2v) is 16.5. The molecule has 2 amide bonds. The molecule has 0 radical (unpaired) electrons. The van der Waals surface area contributed by atoms with Crippen molar-refractivity contribution in [3.05, 3.63) is 105 Å². The first-order valence-corrected chi connectivity index (χ1v) is 20.4. The van der Waals surface area contributed by atoms with E-state index in [0.29, 0.717) is 101 Å². The number of hydrogen-bond donors (Lipinski definition) is 1. The number of carbonyl (C=O) groups is 3. The van der Waals surface area contributed by atoms with E-state index in [1.54, 1.807) is 25.1 Å². The molecule has 0 bridgehead atoms. The molecule has 3 aliphatic rings. The first kappa shape index (κ1) is 44.7. The molecule has 1 unspecified atom stereocenters. The van der Waals surface area contributed by atoms with Gasteiger partial charge >= 0.3 is 18.3 Å². The van der Waals surface area contributed by atoms with Gasteiger partial charge in [0.2, 0.25) is 11.8 Å². The topological polar surface area (TPSA) is 85.4 Å². The van der Waals surface area contributed by atoms with Crippen LogP contribution in [-0.2, 0) is 48.8 Å². The predicted octanol–water partition coefficient (Wildman–Crippen LogP) is 7.73. The molecule has 0 aromatic heterocycles. The van der Waals surface area contributed by atoms with Crippen LogP contribution in [-0.4, -0.2) is 103 Å². The van der Waals surface area contributed by atoms with Crippen LogP contribution in [0.3, 0.4) is 0 Å². The highest BCUT2D eigenvalue weighted by molar-refractivity contribution is 6.42. The first-order valence-electron chi connectivity index (χ1n) is 19.6. The Morgan fingerprint density at radius 1 is 0.797 bits per heavy atom. The van der Waals surface area contributed by atoms with Gasteiger partial charge in [0, 0.05) is 51.1 Å². The largest absolute Gasteiger partial charge is 0.465 e. The fourth-order valence-electron chi connectivity index (χ4n) is 8.58. The third-order valence-corrected chi connectivity index (χ3v) is 12.5. The highest BCUT2D eigenvalue weighted by Gasteiger charge is 2.46. The fraction of sp³-hybridized carbons (Fsp3) is 0.500. The zero-order valence-corrected chi connectivity index (χ0v) is 34.1. The average Bonchev–Trinajstić information content (AvgIpc) is 3.51. The minimum absolute atomic E-state index is 0.0234. The summed E-state index contributed by atoms with van der Waals surface area (Å²) in [5.74, 6) is -0.768. The van der Waals surface area contributed by atoms with Crippen molar-refractivity contribution in [1.82, 2.24) is 25.1 Å². The number of piperidine rings is 1. The number of halogens is 8. The fourth-order valence-corrected chi connectivity index (χ4v) is 8.88. The third kappa shape index (κ3) is 10.7. The van der Waals surface area contributed by atoms with E-state index in [0.717, 1.165) is 5.56 Å². The monoisotopic (exact) mass is 869 g/mol. The van der Waals surface area contributed by atoms with Crippen molar-refractivity contribution < 1.29 is 45.5 Å². The number of alkyl halides is 6. The zero-order chi connectivity index (χ0) is 42.6. The Kier molecular flexibility index (Phi) is 13.9. The lowest BCUT2D eigenvalue weighted by molar-refractivity contribution is -0.146. The number of nitrogens with one attached hydrogen (secondary N) is 1. The Bertz CT molecular complexity index is 1940. The number of piperazine rings is 1. The van der Waals surface area contributed by atoms with Gasteiger partial charge in [0.15, 0.2) is 0 Å². The lowest BCUT2D eigenvalue weighted by Crippen LogP contribution is -2.59. The highest BCUT2D eigenvalue weighted by Crippen LogP contribution is 2.44. The summed E-state index contributed by atoms with van der Waals surface area (Å²) in [6.45, 7) is 6.05. The van der Waals surface area contributed by atoms with Crippen molar-refractivity contribution in [2.45, 2.75) is 68.8 Å². The second-order valence-electron chi connectivity index (χ2n) is 15.7. The lowest BCUT2D eigenvalue weighted by atomic mass is 9.72. The Labute approximate surface area is 349 Å². The lowest BCUT2D eigenvalue weighted by Gasteiger charge is -2.43. The Hall–Kier alpha value is -3.89. The van der Waals surface area contributed by atoms with E-state index in [2.05, 4.69) is 10.3 Å². The number of esters is 1. The number of hydrogen-bond acceptors (Lipinski definition) is 7. The zero-order valence-electron chi connectivity index (χ0n) is 32.6. The van der Waals surface area contributed by atoms with Gasteiger partial charge in [-0.05, 0) is 99.3 Å². The van der Waals surface area contributed by atoms with Crippen LogP contribution in [0.4, 0.5) is 26.3 Å². The number of amides is 2. The van der Waals surface area contributed by atoms with Crippen molar-refractivity contribution in [2.24, 2.45) is 0 Å². The van der Waals surface area contributed by atoms with Crippen LogP contribution in [0.1, 0.15) is 66.8 Å². The molecule has 17 heteroatoms. The summed E-state index contributed by atoms with van der Waals surface area (Å²) in [5, 5.41) is 2.45. The van der Waals surface area contributed by atoms with Crippen LogP contribution >= 0.6 is 23.2 Å². The molecular formula is C42H47Cl2F6N5O4. The van der Waals surface area contributed by atoms with Gasteiger partial charge in [-0.1, -0.05) is 59.6 Å². The number of rotatable bonds is 13. The molecule has 1 N–H and O–H groups in total. The maximum atomic E-state index is 14.2. The molecular weight excluding hydrogens is 823 g/mol. The molecule has 3 saturated heterocycles. The van der Waals surface area contributed by atoms with Crippen LogP contribution in [0.2, 0.25) is 10.0 Å². The van der Waals surface area contributed by atoms with Gasteiger partial charge in [-0.15, -0.1) is 0 Å². The predicted molar refractivity (Wildman–Crippen MR) is 210 cm³/mol. The van der Waals surface area contributed by atoms with Crippen LogP contribution in [0.5, 0.6) is 0 Å². The van der Waals surface area contributed by atoms with Crippen LogP contribution in [0, 0.1) is 0 Å². The molecule has 3 aliphatic heterocycles. The average molecular weight is 871 g/mol. The van der Waals surface area contributed by atoms with E-state index in [9.17, 15) is 40.7 Å². The van der Waals surface area contributed by atoms with E-state index >= 15 is 0 Å². The summed E-state index contributed by atoms with van der Waals surface area (Å²) >= 11 is 12.7. The van der Waals surface area contributed by atoms with Crippen molar-refractivity contribution in [3.8, 4) is 0 Å². The summed E-state index contributed by atoms with van der Waals surface area (Å²) in [5.41, 5.74) is 0.000925. The summed E-state index contributed by atoms with van der Waals surface area (Å²) in [4.78, 5) is 45.3. The van der Waals surface area contributed by atoms with Gasteiger partial charge < -0.3 is 14.5 Å². The maximum Gasteiger partial charge on any atom is 0.416 e. The molecule has 3 aromatic rings. The normalized spacial score (nSPS) is 20.8. The molecule has 1 atom stereocenters. The maximum absolute atomic E-state index is 14.2. The quantitative estimate of drug-likeness (QED) is 0.139. The van der Waals surface area contributed by atoms with Crippen molar-refractivity contribution in [1.29, 1.82) is 0 Å². The number of nitrogens with zero attached hydrogens (tertiary/aromatic N) is 4. The van der Waals surface area contributed by atoms with Gasteiger partial charge in [-0.3, -0.25) is 24.7 Å². The van der Waals surface area contributed by atoms with E-state index in [1.807, 2.05) is 40.2 Å². The Morgan fingerprint density at radius 3 is 2.03 bits per heavy atom. The molecule has 6 rings (SSSR count). The Morgan fingerprint density at radius 2 is 1.44 bits per heavy atom. The van der Waals surface area contributed by atoms with Crippen LogP contribution in [0.15, 0.2) is 66.7 Å². The van der Waals surface area contributed by atoms with E-state index in [4.69, 9.17) is 27.9 Å². The molecule has 0 saturated carbocycles. The number of likely N-dealkylation sites (tertiary alicyclic amines) is 2. The smallest absolute Gasteiger partial charge is 0.416 e. The summed E-state index contributed by atoms with van der Waals surface area (Å²) in [6.07, 6.45) is -7.89. The second kappa shape index (κ2) is 18.4. The standard InChI is InChI=1S/C42H47Cl2F6N5O4/c1-2-59-37(57)27-53-17-19-55(20-18-53)51-38(58)40(30-7-4-3-5-8-30)12-15-52(16-13-40)14-6-11-39(31-9-10-34(43)35(44)24-31)25-36(56)54(28-39)26-29-21-32(41(45,46)47)23-33(22-29)42(48,49)50/h3-5,7-10,21-24H,2,6,11-20,25-28H2,1H3,(H,51,58). The van der Waals surface area contributed by atoms with Gasteiger partial charge in [0.05, 0.1) is 39.7 Å². The van der Waals surface area contributed by atoms with Gasteiger partial charge in [0.1, 0.15) is 0 Å². The van der Waals surface area contributed by atoms with E-state index in [1.165, 1.54) is 4.90 Å². The molecule has 3 heterocycles. The number of benzene rings is 3. The van der Waals surface area contributed by atoms with Crippen molar-refractivity contribution in [3.63, 3.8) is 0 Å². The molecule has 320 valence electrons. The minimum atomic E-state index is -5.02. The van der Waals surface area contributed by atoms with Crippen molar-refractivity contribution >= 4 is 41.0 Å².